The fraction of sp³-hybridized carbons (Fsp3) is 0.471. The van der Waals surface area contributed by atoms with Crippen LogP contribution in [0.3, 0.4) is 0 Å². The van der Waals surface area contributed by atoms with Gasteiger partial charge in [-0.05, 0) is 36.8 Å². The van der Waals surface area contributed by atoms with Gasteiger partial charge in [0.15, 0.2) is 0 Å². The van der Waals surface area contributed by atoms with Gasteiger partial charge in [-0.1, -0.05) is 37.0 Å². The summed E-state index contributed by atoms with van der Waals surface area (Å²) in [6.07, 6.45) is 4.49. The molecular weight excluding hydrogens is 282 g/mol. The van der Waals surface area contributed by atoms with E-state index in [9.17, 15) is 14.4 Å². The zero-order chi connectivity index (χ0) is 15.7. The lowest BCUT2D eigenvalue weighted by Crippen LogP contribution is -2.33. The van der Waals surface area contributed by atoms with Crippen LogP contribution in [0, 0.1) is 11.8 Å². The van der Waals surface area contributed by atoms with Crippen LogP contribution in [0.15, 0.2) is 24.3 Å². The lowest BCUT2D eigenvalue weighted by molar-refractivity contribution is -0.170. The number of hydroxylamine groups is 2. The molecule has 0 atom stereocenters. The summed E-state index contributed by atoms with van der Waals surface area (Å²) in [6, 6.07) is 6.48. The van der Waals surface area contributed by atoms with Crippen molar-refractivity contribution in [2.24, 2.45) is 11.8 Å². The van der Waals surface area contributed by atoms with Gasteiger partial charge in [-0.15, -0.1) is 0 Å². The summed E-state index contributed by atoms with van der Waals surface area (Å²) >= 11 is 0. The topological polar surface area (TPSA) is 63.7 Å². The summed E-state index contributed by atoms with van der Waals surface area (Å²) in [5.41, 5.74) is 0.568. The minimum atomic E-state index is -0.564. The lowest BCUT2D eigenvalue weighted by Gasteiger charge is -2.25. The maximum Gasteiger partial charge on any atom is 0.333 e. The molecule has 0 bridgehead atoms. The Balaban J connectivity index is 1.61. The van der Waals surface area contributed by atoms with Crippen molar-refractivity contribution in [1.82, 2.24) is 5.06 Å². The first-order chi connectivity index (χ1) is 10.6. The molecule has 0 spiro atoms. The number of fused-ring (bicyclic) bond motifs is 1. The minimum absolute atomic E-state index is 0.264. The highest BCUT2D eigenvalue weighted by molar-refractivity contribution is 6.20. The molecule has 1 aliphatic heterocycles. The van der Waals surface area contributed by atoms with Gasteiger partial charge in [0.25, 0.3) is 11.8 Å². The smallest absolute Gasteiger partial charge is 0.330 e. The van der Waals surface area contributed by atoms with Crippen molar-refractivity contribution in [2.45, 2.75) is 39.0 Å². The second kappa shape index (κ2) is 5.91. The highest BCUT2D eigenvalue weighted by atomic mass is 16.7. The average molecular weight is 301 g/mol. The van der Waals surface area contributed by atoms with Gasteiger partial charge in [-0.2, -0.15) is 0 Å². The average Bonchev–Trinajstić information content (AvgIpc) is 2.75. The first-order valence-electron chi connectivity index (χ1n) is 7.75. The summed E-state index contributed by atoms with van der Waals surface area (Å²) in [7, 11) is 0. The van der Waals surface area contributed by atoms with Gasteiger partial charge in [-0.25, -0.2) is 4.79 Å². The van der Waals surface area contributed by atoms with Crippen molar-refractivity contribution in [3.05, 3.63) is 35.4 Å². The van der Waals surface area contributed by atoms with Gasteiger partial charge >= 0.3 is 5.97 Å². The van der Waals surface area contributed by atoms with Gasteiger partial charge in [0.1, 0.15) is 0 Å². The van der Waals surface area contributed by atoms with Crippen molar-refractivity contribution in [1.29, 1.82) is 0 Å². The van der Waals surface area contributed by atoms with Crippen molar-refractivity contribution < 1.29 is 19.2 Å². The van der Waals surface area contributed by atoms with Crippen molar-refractivity contribution in [2.75, 3.05) is 0 Å². The molecular formula is C17H19NO4. The third-order valence-corrected chi connectivity index (χ3v) is 4.54. The molecule has 0 radical (unpaired) electrons. The Hall–Kier alpha value is -2.17. The predicted molar refractivity (Wildman–Crippen MR) is 78.8 cm³/mol. The fourth-order valence-corrected chi connectivity index (χ4v) is 3.16. The number of amides is 2. The van der Waals surface area contributed by atoms with Crippen LogP contribution in [-0.2, 0) is 9.63 Å². The van der Waals surface area contributed by atoms with Gasteiger partial charge < -0.3 is 4.84 Å². The predicted octanol–water partition coefficient (Wildman–Crippen LogP) is 2.96. The first-order valence-corrected chi connectivity index (χ1v) is 7.75. The standard InChI is InChI=1S/C17H19NO4/c1-11-6-8-12(9-7-11)10-15(19)22-18-16(20)13-4-2-3-5-14(13)17(18)21/h2-5,11-12H,6-10H2,1H3. The number of hydrogen-bond donors (Lipinski definition) is 0. The van der Waals surface area contributed by atoms with E-state index < -0.39 is 17.8 Å². The third-order valence-electron chi connectivity index (χ3n) is 4.54. The molecule has 1 aliphatic carbocycles. The van der Waals surface area contributed by atoms with E-state index in [0.717, 1.165) is 25.7 Å². The summed E-state index contributed by atoms with van der Waals surface area (Å²) in [5.74, 6) is -0.631. The molecule has 1 saturated carbocycles. The maximum atomic E-state index is 12.1. The van der Waals surface area contributed by atoms with E-state index in [1.54, 1.807) is 24.3 Å². The van der Waals surface area contributed by atoms with Crippen LogP contribution in [0.4, 0.5) is 0 Å². The molecule has 3 rings (SSSR count). The van der Waals surface area contributed by atoms with Gasteiger partial charge in [0.2, 0.25) is 0 Å². The normalized spacial score (nSPS) is 24.3. The second-order valence-electron chi connectivity index (χ2n) is 6.24. The Morgan fingerprint density at radius 1 is 1.09 bits per heavy atom. The molecule has 0 saturated heterocycles. The van der Waals surface area contributed by atoms with Crippen LogP contribution >= 0.6 is 0 Å². The molecule has 0 unspecified atom stereocenters. The molecule has 1 heterocycles. The molecule has 5 heteroatoms. The second-order valence-corrected chi connectivity index (χ2v) is 6.24. The Labute approximate surface area is 129 Å². The fourth-order valence-electron chi connectivity index (χ4n) is 3.16. The van der Waals surface area contributed by atoms with Crippen LogP contribution in [0.2, 0.25) is 0 Å². The van der Waals surface area contributed by atoms with E-state index in [2.05, 4.69) is 6.92 Å². The van der Waals surface area contributed by atoms with E-state index in [4.69, 9.17) is 4.84 Å². The lowest BCUT2D eigenvalue weighted by atomic mass is 9.81. The van der Waals surface area contributed by atoms with E-state index >= 15 is 0 Å². The van der Waals surface area contributed by atoms with Gasteiger partial charge in [0.05, 0.1) is 17.5 Å². The molecule has 22 heavy (non-hydrogen) atoms. The van der Waals surface area contributed by atoms with Gasteiger partial charge in [-0.3, -0.25) is 9.59 Å². The number of benzene rings is 1. The molecule has 2 amide bonds. The zero-order valence-corrected chi connectivity index (χ0v) is 12.6. The monoisotopic (exact) mass is 301 g/mol. The molecule has 5 nitrogen and oxygen atoms in total. The number of imide groups is 1. The quantitative estimate of drug-likeness (QED) is 0.805. The van der Waals surface area contributed by atoms with Crippen LogP contribution in [0.1, 0.15) is 59.7 Å². The van der Waals surface area contributed by atoms with E-state index in [-0.39, 0.29) is 17.5 Å². The molecule has 1 fully saturated rings. The molecule has 1 aromatic carbocycles. The molecule has 0 aromatic heterocycles. The highest BCUT2D eigenvalue weighted by Gasteiger charge is 2.38. The van der Waals surface area contributed by atoms with E-state index in [0.29, 0.717) is 16.9 Å². The zero-order valence-electron chi connectivity index (χ0n) is 12.6. The summed E-state index contributed by atoms with van der Waals surface area (Å²) in [5, 5.41) is 0.596. The molecule has 2 aliphatic rings. The summed E-state index contributed by atoms with van der Waals surface area (Å²) in [4.78, 5) is 41.3. The van der Waals surface area contributed by atoms with Crippen LogP contribution in [0.5, 0.6) is 0 Å². The number of hydrogen-bond acceptors (Lipinski definition) is 4. The minimum Gasteiger partial charge on any atom is -0.330 e. The largest absolute Gasteiger partial charge is 0.333 e. The maximum absolute atomic E-state index is 12.1. The van der Waals surface area contributed by atoms with E-state index in [1.807, 2.05) is 0 Å². The summed E-state index contributed by atoms with van der Waals surface area (Å²) in [6.45, 7) is 2.22. The summed E-state index contributed by atoms with van der Waals surface area (Å²) < 4.78 is 0. The van der Waals surface area contributed by atoms with Gasteiger partial charge in [0, 0.05) is 0 Å². The Bertz CT molecular complexity index is 582. The van der Waals surface area contributed by atoms with Crippen LogP contribution < -0.4 is 0 Å². The molecule has 1 aromatic rings. The van der Waals surface area contributed by atoms with E-state index in [1.165, 1.54) is 0 Å². The first kappa shape index (κ1) is 14.8. The number of carbonyl (C=O) groups is 3. The van der Waals surface area contributed by atoms with Crippen LogP contribution in [-0.4, -0.2) is 22.8 Å². The number of rotatable bonds is 3. The SMILES string of the molecule is CC1CCC(CC(=O)ON2C(=O)c3ccccc3C2=O)CC1. The molecule has 0 N–H and O–H groups in total. The third kappa shape index (κ3) is 2.75. The Kier molecular flexibility index (Phi) is 3.96. The Morgan fingerprint density at radius 2 is 1.64 bits per heavy atom. The van der Waals surface area contributed by atoms with Crippen molar-refractivity contribution >= 4 is 17.8 Å². The van der Waals surface area contributed by atoms with Crippen molar-refractivity contribution in [3.63, 3.8) is 0 Å². The Morgan fingerprint density at radius 3 is 2.18 bits per heavy atom. The number of carbonyl (C=O) groups excluding carboxylic acids is 3. The van der Waals surface area contributed by atoms with Crippen molar-refractivity contribution in [3.8, 4) is 0 Å². The molecule has 116 valence electrons. The van der Waals surface area contributed by atoms with Crippen LogP contribution in [0.25, 0.3) is 0 Å². The number of nitrogens with zero attached hydrogens (tertiary/aromatic N) is 1. The highest BCUT2D eigenvalue weighted by Crippen LogP contribution is 2.31.